The van der Waals surface area contributed by atoms with Gasteiger partial charge in [0.2, 0.25) is 5.91 Å². The zero-order valence-electron chi connectivity index (χ0n) is 8.48. The molecule has 0 aliphatic heterocycles. The minimum atomic E-state index is -0.0149. The molecule has 1 aromatic rings. The molecule has 0 spiro atoms. The predicted octanol–water partition coefficient (Wildman–Crippen LogP) is 3.94. The molecule has 0 heterocycles. The fraction of sp³-hybridized carbons (Fsp3) is 0.300. The van der Waals surface area contributed by atoms with Crippen LogP contribution in [0.3, 0.4) is 0 Å². The summed E-state index contributed by atoms with van der Waals surface area (Å²) in [5.41, 5.74) is 0.706. The van der Waals surface area contributed by atoms with Crippen molar-refractivity contribution in [2.24, 2.45) is 0 Å². The minimum absolute atomic E-state index is 0.0149. The van der Waals surface area contributed by atoms with Crippen molar-refractivity contribution < 1.29 is 9.90 Å². The number of benzene rings is 1. The van der Waals surface area contributed by atoms with Gasteiger partial charge < -0.3 is 10.4 Å². The SMILES string of the molecule is CCCC(=O)Nc1c(I)cc(I)c(O)c1I. The third-order valence-electron chi connectivity index (χ3n) is 1.89. The quantitative estimate of drug-likeness (QED) is 0.554. The number of amides is 1. The summed E-state index contributed by atoms with van der Waals surface area (Å²) in [6, 6.07) is 1.85. The molecule has 0 unspecified atom stereocenters. The molecule has 1 aromatic carbocycles. The molecule has 0 aliphatic carbocycles. The van der Waals surface area contributed by atoms with Gasteiger partial charge in [-0.15, -0.1) is 0 Å². The molecule has 1 amide bonds. The highest BCUT2D eigenvalue weighted by Gasteiger charge is 2.14. The molecule has 0 saturated carbocycles. The predicted molar refractivity (Wildman–Crippen MR) is 89.8 cm³/mol. The normalized spacial score (nSPS) is 10.2. The van der Waals surface area contributed by atoms with Crippen LogP contribution in [0, 0.1) is 10.7 Å². The van der Waals surface area contributed by atoms with Crippen molar-refractivity contribution in [3.8, 4) is 5.75 Å². The van der Waals surface area contributed by atoms with Crippen LogP contribution in [0.25, 0.3) is 0 Å². The largest absolute Gasteiger partial charge is 0.506 e. The van der Waals surface area contributed by atoms with Crippen LogP contribution in [-0.4, -0.2) is 11.0 Å². The van der Waals surface area contributed by atoms with Gasteiger partial charge in [-0.2, -0.15) is 0 Å². The maximum Gasteiger partial charge on any atom is 0.224 e. The Bertz CT molecular complexity index is 421. The Morgan fingerprint density at radius 3 is 2.56 bits per heavy atom. The van der Waals surface area contributed by atoms with Gasteiger partial charge in [0, 0.05) is 9.99 Å². The van der Waals surface area contributed by atoms with Crippen LogP contribution in [0.2, 0.25) is 0 Å². The van der Waals surface area contributed by atoms with Crippen molar-refractivity contribution in [1.82, 2.24) is 0 Å². The first kappa shape index (κ1) is 14.7. The lowest BCUT2D eigenvalue weighted by Crippen LogP contribution is -2.13. The molecular formula is C10H10I3NO2. The second-order valence-electron chi connectivity index (χ2n) is 3.18. The van der Waals surface area contributed by atoms with E-state index < -0.39 is 0 Å². The number of nitrogens with one attached hydrogen (secondary N) is 1. The van der Waals surface area contributed by atoms with Crippen LogP contribution in [0.4, 0.5) is 5.69 Å². The number of anilines is 1. The van der Waals surface area contributed by atoms with Crippen molar-refractivity contribution in [3.05, 3.63) is 16.8 Å². The van der Waals surface area contributed by atoms with Gasteiger partial charge in [-0.1, -0.05) is 6.92 Å². The average molecular weight is 557 g/mol. The third-order valence-corrected chi connectivity index (χ3v) is 4.61. The van der Waals surface area contributed by atoms with Gasteiger partial charge in [0.25, 0.3) is 0 Å². The van der Waals surface area contributed by atoms with Gasteiger partial charge in [-0.3, -0.25) is 4.79 Å². The van der Waals surface area contributed by atoms with Crippen LogP contribution in [-0.2, 0) is 4.79 Å². The summed E-state index contributed by atoms with van der Waals surface area (Å²) in [6.45, 7) is 1.96. The van der Waals surface area contributed by atoms with Crippen LogP contribution < -0.4 is 5.32 Å². The number of aromatic hydroxyl groups is 1. The summed E-state index contributed by atoms with van der Waals surface area (Å²) in [5, 5.41) is 12.6. The highest BCUT2D eigenvalue weighted by molar-refractivity contribution is 14.1. The molecule has 0 saturated heterocycles. The highest BCUT2D eigenvalue weighted by Crippen LogP contribution is 2.35. The molecule has 0 fully saturated rings. The Hall–Kier alpha value is 0.680. The topological polar surface area (TPSA) is 49.3 Å². The van der Waals surface area contributed by atoms with Crippen LogP contribution in [0.5, 0.6) is 5.75 Å². The van der Waals surface area contributed by atoms with Crippen molar-refractivity contribution >= 4 is 79.4 Å². The number of phenols is 1. The minimum Gasteiger partial charge on any atom is -0.506 e. The molecule has 2 N–H and O–H groups in total. The summed E-state index contributed by atoms with van der Waals surface area (Å²) in [7, 11) is 0. The molecule has 16 heavy (non-hydrogen) atoms. The van der Waals surface area contributed by atoms with E-state index >= 15 is 0 Å². The molecule has 88 valence electrons. The van der Waals surface area contributed by atoms with E-state index in [0.29, 0.717) is 15.7 Å². The maximum absolute atomic E-state index is 11.5. The monoisotopic (exact) mass is 557 g/mol. The summed E-state index contributed by atoms with van der Waals surface area (Å²) in [6.07, 6.45) is 1.31. The van der Waals surface area contributed by atoms with E-state index in [-0.39, 0.29) is 11.7 Å². The van der Waals surface area contributed by atoms with E-state index in [9.17, 15) is 9.90 Å². The molecule has 0 aliphatic rings. The molecule has 6 heteroatoms. The third kappa shape index (κ3) is 3.59. The van der Waals surface area contributed by atoms with E-state index in [1.54, 1.807) is 0 Å². The number of carbonyl (C=O) groups excluding carboxylic acids is 1. The Morgan fingerprint density at radius 1 is 1.38 bits per heavy atom. The van der Waals surface area contributed by atoms with E-state index in [4.69, 9.17) is 0 Å². The van der Waals surface area contributed by atoms with Crippen molar-refractivity contribution in [2.45, 2.75) is 19.8 Å². The summed E-state index contributed by atoms with van der Waals surface area (Å²) in [4.78, 5) is 11.5. The first-order valence-corrected chi connectivity index (χ1v) is 7.87. The first-order chi connectivity index (χ1) is 7.47. The first-order valence-electron chi connectivity index (χ1n) is 4.63. The molecule has 0 atom stereocenters. The number of hydrogen-bond donors (Lipinski definition) is 2. The zero-order valence-corrected chi connectivity index (χ0v) is 15.0. The lowest BCUT2D eigenvalue weighted by Gasteiger charge is -2.11. The number of hydrogen-bond acceptors (Lipinski definition) is 2. The Kier molecular flexibility index (Phi) is 6.05. The standard InChI is InChI=1S/C10H10I3NO2/c1-2-3-7(15)14-9-5(11)4-6(12)10(16)8(9)13/h4,16H,2-3H2,1H3,(H,14,15). The summed E-state index contributed by atoms with van der Waals surface area (Å²) >= 11 is 6.27. The molecular weight excluding hydrogens is 547 g/mol. The van der Waals surface area contributed by atoms with Gasteiger partial charge in [-0.05, 0) is 80.3 Å². The Balaban J connectivity index is 3.05. The zero-order chi connectivity index (χ0) is 12.3. The number of phenolic OH excluding ortho intramolecular Hbond substituents is 1. The van der Waals surface area contributed by atoms with Crippen LogP contribution in [0.1, 0.15) is 19.8 Å². The molecule has 0 radical (unpaired) electrons. The van der Waals surface area contributed by atoms with Crippen LogP contribution >= 0.6 is 67.8 Å². The summed E-state index contributed by atoms with van der Waals surface area (Å²) in [5.74, 6) is 0.215. The van der Waals surface area contributed by atoms with Gasteiger partial charge >= 0.3 is 0 Å². The lowest BCUT2D eigenvalue weighted by atomic mass is 10.2. The van der Waals surface area contributed by atoms with Gasteiger partial charge in [-0.25, -0.2) is 0 Å². The number of halogens is 3. The fourth-order valence-corrected chi connectivity index (χ4v) is 4.76. The van der Waals surface area contributed by atoms with Gasteiger partial charge in [0.05, 0.1) is 12.8 Å². The van der Waals surface area contributed by atoms with Crippen molar-refractivity contribution in [3.63, 3.8) is 0 Å². The highest BCUT2D eigenvalue weighted by atomic mass is 127. The fourth-order valence-electron chi connectivity index (χ4n) is 1.12. The van der Waals surface area contributed by atoms with Crippen molar-refractivity contribution in [1.29, 1.82) is 0 Å². The second kappa shape index (κ2) is 6.57. The van der Waals surface area contributed by atoms with Crippen LogP contribution in [0.15, 0.2) is 6.07 Å². The maximum atomic E-state index is 11.5. The van der Waals surface area contributed by atoms with Gasteiger partial charge in [0.15, 0.2) is 0 Å². The lowest BCUT2D eigenvalue weighted by molar-refractivity contribution is -0.116. The molecule has 0 aromatic heterocycles. The van der Waals surface area contributed by atoms with E-state index in [0.717, 1.165) is 13.6 Å². The molecule has 1 rings (SSSR count). The number of rotatable bonds is 3. The summed E-state index contributed by atoms with van der Waals surface area (Å²) < 4.78 is 2.42. The van der Waals surface area contributed by atoms with Crippen molar-refractivity contribution in [2.75, 3.05) is 5.32 Å². The smallest absolute Gasteiger partial charge is 0.224 e. The average Bonchev–Trinajstić information content (AvgIpc) is 2.22. The Labute approximate surface area is 135 Å². The van der Waals surface area contributed by atoms with E-state index in [1.165, 1.54) is 0 Å². The second-order valence-corrected chi connectivity index (χ2v) is 6.58. The van der Waals surface area contributed by atoms with Gasteiger partial charge in [0.1, 0.15) is 5.75 Å². The number of carbonyl (C=O) groups is 1. The van der Waals surface area contributed by atoms with E-state index in [1.807, 2.05) is 35.6 Å². The Morgan fingerprint density at radius 2 is 2.00 bits per heavy atom. The van der Waals surface area contributed by atoms with E-state index in [2.05, 4.69) is 50.5 Å². The molecule has 3 nitrogen and oxygen atoms in total. The molecule has 0 bridgehead atoms.